The minimum atomic E-state index is -0.636. The zero-order valence-corrected chi connectivity index (χ0v) is 19.1. The number of anilines is 1. The Morgan fingerprint density at radius 2 is 1.89 bits per heavy atom. The first-order chi connectivity index (χ1) is 16.9. The molecule has 3 aromatic rings. The lowest BCUT2D eigenvalue weighted by Gasteiger charge is -2.29. The van der Waals surface area contributed by atoms with E-state index in [-0.39, 0.29) is 17.9 Å². The number of rotatable bonds is 4. The molecule has 3 N–H and O–H groups in total. The number of piperidine rings is 1. The number of fused-ring (bicyclic) bond motifs is 1. The lowest BCUT2D eigenvalue weighted by molar-refractivity contribution is -0.137. The maximum atomic E-state index is 12.7. The van der Waals surface area contributed by atoms with E-state index in [4.69, 9.17) is 0 Å². The summed E-state index contributed by atoms with van der Waals surface area (Å²) in [6, 6.07) is 13.4. The molecule has 2 aromatic carbocycles. The van der Waals surface area contributed by atoms with Crippen molar-refractivity contribution in [1.82, 2.24) is 25.3 Å². The van der Waals surface area contributed by atoms with Crippen molar-refractivity contribution in [2.45, 2.75) is 32.0 Å². The van der Waals surface area contributed by atoms with Crippen molar-refractivity contribution in [2.24, 2.45) is 7.05 Å². The maximum absolute atomic E-state index is 12.7. The molecule has 5 rings (SSSR count). The van der Waals surface area contributed by atoms with Crippen LogP contribution in [-0.4, -0.2) is 44.5 Å². The molecule has 1 unspecified atom stereocenters. The van der Waals surface area contributed by atoms with E-state index in [1.807, 2.05) is 36.2 Å². The largest absolute Gasteiger partial charge is 0.326 e. The fraction of sp³-hybridized carbons (Fsp3) is 0.240. The van der Waals surface area contributed by atoms with Crippen LogP contribution in [0.15, 0.2) is 54.7 Å². The second-order valence-corrected chi connectivity index (χ2v) is 8.68. The number of imide groups is 2. The standard InChI is InChI=1S/C25H24N6O4/c1-30-20(9-10-26-30)15-3-2-4-19(12-15)27-25(35)29-23(33)16-5-6-17-13-31(14-18(17)11-16)21-7-8-22(32)28-24(21)34/h2-6,9-12,21H,7-8,13-14H2,1H3,(H,28,32,34)(H2,27,29,33,35). The van der Waals surface area contributed by atoms with Gasteiger partial charge in [0.1, 0.15) is 0 Å². The van der Waals surface area contributed by atoms with Gasteiger partial charge in [-0.15, -0.1) is 0 Å². The lowest BCUT2D eigenvalue weighted by Crippen LogP contribution is -2.50. The summed E-state index contributed by atoms with van der Waals surface area (Å²) in [6.45, 7) is 1.06. The van der Waals surface area contributed by atoms with E-state index >= 15 is 0 Å². The summed E-state index contributed by atoms with van der Waals surface area (Å²) in [5.74, 6) is -1.05. The predicted octanol–water partition coefficient (Wildman–Crippen LogP) is 2.17. The molecule has 0 aliphatic carbocycles. The lowest BCUT2D eigenvalue weighted by atomic mass is 10.0. The van der Waals surface area contributed by atoms with Gasteiger partial charge in [0.25, 0.3) is 5.91 Å². The minimum Gasteiger partial charge on any atom is -0.308 e. The fourth-order valence-electron chi connectivity index (χ4n) is 4.56. The topological polar surface area (TPSA) is 125 Å². The average molecular weight is 473 g/mol. The molecular weight excluding hydrogens is 448 g/mol. The van der Waals surface area contributed by atoms with Crippen LogP contribution in [0.25, 0.3) is 11.3 Å². The highest BCUT2D eigenvalue weighted by atomic mass is 16.2. The summed E-state index contributed by atoms with van der Waals surface area (Å²) < 4.78 is 1.73. The molecule has 178 valence electrons. The smallest absolute Gasteiger partial charge is 0.308 e. The maximum Gasteiger partial charge on any atom is 0.326 e. The Morgan fingerprint density at radius 1 is 1.06 bits per heavy atom. The number of carbonyl (C=O) groups is 4. The Labute approximate surface area is 201 Å². The molecule has 1 saturated heterocycles. The van der Waals surface area contributed by atoms with Crippen LogP contribution in [0.1, 0.15) is 34.3 Å². The van der Waals surface area contributed by atoms with Gasteiger partial charge in [-0.1, -0.05) is 18.2 Å². The van der Waals surface area contributed by atoms with Gasteiger partial charge in [-0.3, -0.25) is 34.6 Å². The number of nitrogens with one attached hydrogen (secondary N) is 3. The molecule has 3 heterocycles. The summed E-state index contributed by atoms with van der Waals surface area (Å²) in [6.07, 6.45) is 2.49. The van der Waals surface area contributed by atoms with Crippen molar-refractivity contribution in [2.75, 3.05) is 5.32 Å². The first kappa shape index (κ1) is 22.5. The van der Waals surface area contributed by atoms with Crippen LogP contribution in [0.4, 0.5) is 10.5 Å². The highest BCUT2D eigenvalue weighted by Crippen LogP contribution is 2.28. The van der Waals surface area contributed by atoms with Crippen molar-refractivity contribution in [3.8, 4) is 11.3 Å². The second kappa shape index (κ2) is 9.15. The number of nitrogens with zero attached hydrogens (tertiary/aromatic N) is 3. The monoisotopic (exact) mass is 472 g/mol. The van der Waals surface area contributed by atoms with Crippen LogP contribution in [0.3, 0.4) is 0 Å². The molecule has 1 atom stereocenters. The normalized spacial score (nSPS) is 17.6. The predicted molar refractivity (Wildman–Crippen MR) is 127 cm³/mol. The molecule has 2 aliphatic heterocycles. The third-order valence-electron chi connectivity index (χ3n) is 6.33. The van der Waals surface area contributed by atoms with Crippen LogP contribution in [-0.2, 0) is 29.7 Å². The van der Waals surface area contributed by atoms with Gasteiger partial charge in [0.15, 0.2) is 0 Å². The Kier molecular flexibility index (Phi) is 5.87. The van der Waals surface area contributed by atoms with Gasteiger partial charge in [-0.2, -0.15) is 5.10 Å². The summed E-state index contributed by atoms with van der Waals surface area (Å²) in [7, 11) is 1.83. The van der Waals surface area contributed by atoms with Gasteiger partial charge in [0.2, 0.25) is 11.8 Å². The molecule has 0 bridgehead atoms. The van der Waals surface area contributed by atoms with Gasteiger partial charge < -0.3 is 5.32 Å². The van der Waals surface area contributed by atoms with Crippen molar-refractivity contribution in [3.05, 3.63) is 71.4 Å². The minimum absolute atomic E-state index is 0.246. The van der Waals surface area contributed by atoms with E-state index in [2.05, 4.69) is 21.0 Å². The molecule has 10 heteroatoms. The molecule has 1 fully saturated rings. The van der Waals surface area contributed by atoms with Crippen LogP contribution in [0, 0.1) is 0 Å². The van der Waals surface area contributed by atoms with Gasteiger partial charge in [-0.25, -0.2) is 4.79 Å². The third-order valence-corrected chi connectivity index (χ3v) is 6.33. The zero-order valence-electron chi connectivity index (χ0n) is 19.1. The highest BCUT2D eigenvalue weighted by Gasteiger charge is 2.34. The number of hydrogen-bond acceptors (Lipinski definition) is 6. The van der Waals surface area contributed by atoms with E-state index in [0.29, 0.717) is 37.2 Å². The number of aromatic nitrogens is 2. The molecule has 2 aliphatic rings. The Hall–Kier alpha value is -4.31. The van der Waals surface area contributed by atoms with Gasteiger partial charge in [0.05, 0.1) is 11.7 Å². The van der Waals surface area contributed by atoms with Crippen molar-refractivity contribution in [3.63, 3.8) is 0 Å². The number of carbonyl (C=O) groups excluding carboxylic acids is 4. The van der Waals surface area contributed by atoms with Gasteiger partial charge in [0, 0.05) is 49.6 Å². The second-order valence-electron chi connectivity index (χ2n) is 8.68. The molecule has 0 saturated carbocycles. The fourth-order valence-corrected chi connectivity index (χ4v) is 4.56. The van der Waals surface area contributed by atoms with E-state index in [1.165, 1.54) is 0 Å². The van der Waals surface area contributed by atoms with E-state index < -0.39 is 11.9 Å². The van der Waals surface area contributed by atoms with Gasteiger partial charge in [-0.05, 0) is 47.9 Å². The molecule has 5 amide bonds. The Morgan fingerprint density at radius 3 is 2.66 bits per heavy atom. The van der Waals surface area contributed by atoms with Gasteiger partial charge >= 0.3 is 6.03 Å². The number of amides is 5. The molecule has 35 heavy (non-hydrogen) atoms. The average Bonchev–Trinajstić information content (AvgIpc) is 3.44. The third kappa shape index (κ3) is 4.69. The Balaban J connectivity index is 1.22. The molecule has 0 radical (unpaired) electrons. The van der Waals surface area contributed by atoms with Crippen LogP contribution >= 0.6 is 0 Å². The molecule has 0 spiro atoms. The van der Waals surface area contributed by atoms with Crippen LogP contribution < -0.4 is 16.0 Å². The van der Waals surface area contributed by atoms with E-state index in [0.717, 1.165) is 22.4 Å². The van der Waals surface area contributed by atoms with Crippen molar-refractivity contribution >= 4 is 29.4 Å². The molecule has 10 nitrogen and oxygen atoms in total. The number of urea groups is 1. The van der Waals surface area contributed by atoms with E-state index in [1.54, 1.807) is 35.1 Å². The summed E-state index contributed by atoms with van der Waals surface area (Å²) in [4.78, 5) is 50.8. The molecule has 1 aromatic heterocycles. The molecular formula is C25H24N6O4. The SMILES string of the molecule is Cn1nccc1-c1cccc(NC(=O)NC(=O)c2ccc3c(c2)CN(C2CCC(=O)NC2=O)C3)c1. The summed E-state index contributed by atoms with van der Waals surface area (Å²) in [5, 5.41) is 11.6. The van der Waals surface area contributed by atoms with Crippen molar-refractivity contribution in [1.29, 1.82) is 0 Å². The zero-order chi connectivity index (χ0) is 24.5. The summed E-state index contributed by atoms with van der Waals surface area (Å²) in [5.41, 5.74) is 4.62. The summed E-state index contributed by atoms with van der Waals surface area (Å²) >= 11 is 0. The Bertz CT molecular complexity index is 1350. The highest BCUT2D eigenvalue weighted by molar-refractivity contribution is 6.08. The first-order valence-corrected chi connectivity index (χ1v) is 11.3. The first-order valence-electron chi connectivity index (χ1n) is 11.3. The number of hydrogen-bond donors (Lipinski definition) is 3. The van der Waals surface area contributed by atoms with Crippen LogP contribution in [0.2, 0.25) is 0 Å². The van der Waals surface area contributed by atoms with Crippen LogP contribution in [0.5, 0.6) is 0 Å². The number of benzene rings is 2. The number of aryl methyl sites for hydroxylation is 1. The quantitative estimate of drug-likeness (QED) is 0.500. The van der Waals surface area contributed by atoms with E-state index in [9.17, 15) is 19.2 Å². The van der Waals surface area contributed by atoms with Crippen molar-refractivity contribution < 1.29 is 19.2 Å².